The molecule has 0 saturated heterocycles. The molecule has 0 atom stereocenters. The van der Waals surface area contributed by atoms with Crippen LogP contribution in [-0.4, -0.2) is 11.8 Å². The van der Waals surface area contributed by atoms with Crippen molar-refractivity contribution < 1.29 is 14.3 Å². The SMILES string of the molecule is CC(=O)OCc1ccc(C(C)=O)cc1. The van der Waals surface area contributed by atoms with Gasteiger partial charge >= 0.3 is 5.97 Å². The largest absolute Gasteiger partial charge is 0.461 e. The summed E-state index contributed by atoms with van der Waals surface area (Å²) in [7, 11) is 0. The summed E-state index contributed by atoms with van der Waals surface area (Å²) in [4.78, 5) is 21.5. The molecule has 0 radical (unpaired) electrons. The Hall–Kier alpha value is -1.64. The van der Waals surface area contributed by atoms with Gasteiger partial charge in [-0.05, 0) is 12.5 Å². The Labute approximate surface area is 82.7 Å². The molecule has 1 aromatic rings. The smallest absolute Gasteiger partial charge is 0.302 e. The second kappa shape index (κ2) is 4.56. The average molecular weight is 192 g/mol. The summed E-state index contributed by atoms with van der Waals surface area (Å²) >= 11 is 0. The van der Waals surface area contributed by atoms with Crippen molar-refractivity contribution >= 4 is 11.8 Å². The van der Waals surface area contributed by atoms with Gasteiger partial charge < -0.3 is 4.74 Å². The molecule has 0 aliphatic rings. The highest BCUT2D eigenvalue weighted by atomic mass is 16.5. The van der Waals surface area contributed by atoms with Gasteiger partial charge in [-0.15, -0.1) is 0 Å². The van der Waals surface area contributed by atoms with Crippen molar-refractivity contribution in [2.24, 2.45) is 0 Å². The number of benzene rings is 1. The lowest BCUT2D eigenvalue weighted by Crippen LogP contribution is -1.99. The highest BCUT2D eigenvalue weighted by Crippen LogP contribution is 2.06. The Balaban J connectivity index is 2.64. The number of esters is 1. The molecule has 3 heteroatoms. The number of hydrogen-bond donors (Lipinski definition) is 0. The minimum absolute atomic E-state index is 0.0315. The Bertz CT molecular complexity index is 338. The van der Waals surface area contributed by atoms with E-state index in [0.29, 0.717) is 5.56 Å². The number of rotatable bonds is 3. The molecule has 0 amide bonds. The predicted octanol–water partition coefficient (Wildman–Crippen LogP) is 1.95. The first-order valence-electron chi connectivity index (χ1n) is 4.33. The standard InChI is InChI=1S/C11H12O3/c1-8(12)11-5-3-10(4-6-11)7-14-9(2)13/h3-6H,7H2,1-2H3. The minimum Gasteiger partial charge on any atom is -0.461 e. The highest BCUT2D eigenvalue weighted by molar-refractivity contribution is 5.93. The molecule has 3 nitrogen and oxygen atoms in total. The molecule has 0 bridgehead atoms. The zero-order valence-electron chi connectivity index (χ0n) is 8.24. The van der Waals surface area contributed by atoms with Crippen molar-refractivity contribution in [3.63, 3.8) is 0 Å². The van der Waals surface area contributed by atoms with Crippen LogP contribution in [-0.2, 0) is 16.1 Å². The zero-order chi connectivity index (χ0) is 10.6. The molecule has 0 aliphatic carbocycles. The summed E-state index contributed by atoms with van der Waals surface area (Å²) in [5.41, 5.74) is 1.54. The third-order valence-corrected chi connectivity index (χ3v) is 1.80. The highest BCUT2D eigenvalue weighted by Gasteiger charge is 1.99. The second-order valence-electron chi connectivity index (χ2n) is 3.03. The van der Waals surface area contributed by atoms with Crippen LogP contribution in [0.5, 0.6) is 0 Å². The summed E-state index contributed by atoms with van der Waals surface area (Å²) < 4.78 is 4.80. The van der Waals surface area contributed by atoms with Crippen LogP contribution in [0.3, 0.4) is 0 Å². The number of hydrogen-bond acceptors (Lipinski definition) is 3. The van der Waals surface area contributed by atoms with Crippen molar-refractivity contribution in [1.82, 2.24) is 0 Å². The summed E-state index contributed by atoms with van der Waals surface area (Å²) in [5, 5.41) is 0. The van der Waals surface area contributed by atoms with E-state index in [4.69, 9.17) is 4.74 Å². The second-order valence-corrected chi connectivity index (χ2v) is 3.03. The van der Waals surface area contributed by atoms with E-state index in [-0.39, 0.29) is 18.4 Å². The number of carbonyl (C=O) groups is 2. The van der Waals surface area contributed by atoms with Crippen molar-refractivity contribution in [3.05, 3.63) is 35.4 Å². The van der Waals surface area contributed by atoms with Crippen molar-refractivity contribution in [1.29, 1.82) is 0 Å². The molecule has 1 aromatic carbocycles. The zero-order valence-corrected chi connectivity index (χ0v) is 8.24. The van der Waals surface area contributed by atoms with Gasteiger partial charge in [-0.3, -0.25) is 9.59 Å². The van der Waals surface area contributed by atoms with Crippen molar-refractivity contribution in [3.8, 4) is 0 Å². The molecular weight excluding hydrogens is 180 g/mol. The van der Waals surface area contributed by atoms with Crippen LogP contribution < -0.4 is 0 Å². The molecule has 0 unspecified atom stereocenters. The molecular formula is C11H12O3. The Morgan fingerprint density at radius 2 is 1.71 bits per heavy atom. The van der Waals surface area contributed by atoms with Gasteiger partial charge in [-0.25, -0.2) is 0 Å². The molecule has 1 rings (SSSR count). The average Bonchev–Trinajstić information content (AvgIpc) is 2.15. The van der Waals surface area contributed by atoms with Crippen molar-refractivity contribution in [2.45, 2.75) is 20.5 Å². The molecule has 0 spiro atoms. The Morgan fingerprint density at radius 1 is 1.14 bits per heavy atom. The van der Waals surface area contributed by atoms with Gasteiger partial charge in [0.1, 0.15) is 6.61 Å². The first-order chi connectivity index (χ1) is 6.59. The van der Waals surface area contributed by atoms with Gasteiger partial charge in [0.2, 0.25) is 0 Å². The first kappa shape index (κ1) is 10.4. The van der Waals surface area contributed by atoms with Crippen LogP contribution in [0, 0.1) is 0 Å². The van der Waals surface area contributed by atoms with E-state index in [1.165, 1.54) is 13.8 Å². The molecule has 14 heavy (non-hydrogen) atoms. The van der Waals surface area contributed by atoms with Crippen LogP contribution in [0.1, 0.15) is 29.8 Å². The summed E-state index contributed by atoms with van der Waals surface area (Å²) in [5.74, 6) is -0.273. The topological polar surface area (TPSA) is 43.4 Å². The van der Waals surface area contributed by atoms with E-state index >= 15 is 0 Å². The fourth-order valence-corrected chi connectivity index (χ4v) is 1.02. The van der Waals surface area contributed by atoms with Crippen LogP contribution >= 0.6 is 0 Å². The van der Waals surface area contributed by atoms with Gasteiger partial charge in [0.15, 0.2) is 5.78 Å². The fourth-order valence-electron chi connectivity index (χ4n) is 1.02. The maximum Gasteiger partial charge on any atom is 0.302 e. The quantitative estimate of drug-likeness (QED) is 0.543. The van der Waals surface area contributed by atoms with Crippen LogP contribution in [0.25, 0.3) is 0 Å². The van der Waals surface area contributed by atoms with Gasteiger partial charge in [0.05, 0.1) is 0 Å². The van der Waals surface area contributed by atoms with Gasteiger partial charge in [0, 0.05) is 12.5 Å². The predicted molar refractivity (Wildman–Crippen MR) is 51.9 cm³/mol. The summed E-state index contributed by atoms with van der Waals surface area (Å²) in [6.07, 6.45) is 0. The number of ether oxygens (including phenoxy) is 1. The van der Waals surface area contributed by atoms with Crippen LogP contribution in [0.15, 0.2) is 24.3 Å². The van der Waals surface area contributed by atoms with Crippen LogP contribution in [0.4, 0.5) is 0 Å². The lowest BCUT2D eigenvalue weighted by Gasteiger charge is -2.02. The first-order valence-corrected chi connectivity index (χ1v) is 4.33. The Kier molecular flexibility index (Phi) is 3.40. The van der Waals surface area contributed by atoms with E-state index in [2.05, 4.69) is 0 Å². The normalized spacial score (nSPS) is 9.57. The lowest BCUT2D eigenvalue weighted by molar-refractivity contribution is -0.142. The van der Waals surface area contributed by atoms with Gasteiger partial charge in [-0.1, -0.05) is 24.3 Å². The third kappa shape index (κ3) is 3.01. The minimum atomic E-state index is -0.305. The van der Waals surface area contributed by atoms with E-state index in [1.807, 2.05) is 0 Å². The number of carbonyl (C=O) groups excluding carboxylic acids is 2. The maximum absolute atomic E-state index is 10.9. The Morgan fingerprint density at radius 3 is 2.14 bits per heavy atom. The molecule has 74 valence electrons. The summed E-state index contributed by atoms with van der Waals surface area (Å²) in [6.45, 7) is 3.14. The van der Waals surface area contributed by atoms with Crippen molar-refractivity contribution in [2.75, 3.05) is 0 Å². The molecule has 0 aliphatic heterocycles. The monoisotopic (exact) mass is 192 g/mol. The number of Topliss-reactive ketones (excluding diaryl/α,β-unsaturated/α-hetero) is 1. The van der Waals surface area contributed by atoms with Crippen LogP contribution in [0.2, 0.25) is 0 Å². The van der Waals surface area contributed by atoms with E-state index in [9.17, 15) is 9.59 Å². The molecule has 0 heterocycles. The van der Waals surface area contributed by atoms with Gasteiger partial charge in [0.25, 0.3) is 0 Å². The third-order valence-electron chi connectivity index (χ3n) is 1.80. The fraction of sp³-hybridized carbons (Fsp3) is 0.273. The van der Waals surface area contributed by atoms with E-state index in [0.717, 1.165) is 5.56 Å². The van der Waals surface area contributed by atoms with Gasteiger partial charge in [-0.2, -0.15) is 0 Å². The molecule has 0 fully saturated rings. The lowest BCUT2D eigenvalue weighted by atomic mass is 10.1. The van der Waals surface area contributed by atoms with E-state index < -0.39 is 0 Å². The molecule has 0 saturated carbocycles. The van der Waals surface area contributed by atoms with E-state index in [1.54, 1.807) is 24.3 Å². The molecule has 0 aromatic heterocycles. The number of ketones is 1. The molecule has 0 N–H and O–H groups in total. The summed E-state index contributed by atoms with van der Waals surface area (Å²) in [6, 6.07) is 7.00. The maximum atomic E-state index is 10.9.